The van der Waals surface area contributed by atoms with Crippen molar-refractivity contribution in [2.24, 2.45) is 4.99 Å². The first-order chi connectivity index (χ1) is 16.7. The van der Waals surface area contributed by atoms with Gasteiger partial charge in [0, 0.05) is 30.4 Å². The molecule has 0 amide bonds. The predicted molar refractivity (Wildman–Crippen MR) is 129 cm³/mol. The van der Waals surface area contributed by atoms with Crippen LogP contribution < -0.4 is 24.4 Å². The number of thiazole rings is 1. The van der Waals surface area contributed by atoms with E-state index >= 15 is 0 Å². The van der Waals surface area contributed by atoms with Gasteiger partial charge in [-0.2, -0.15) is 0 Å². The molecule has 4 rings (SSSR count). The number of carbonyl (C=O) groups excluding carboxylic acids is 3. The average molecular weight is 513 g/mol. The molecule has 1 aliphatic rings. The fraction of sp³-hybridized carbons (Fsp3) is 0.208. The molecule has 0 fully saturated rings. The molecule has 9 nitrogen and oxygen atoms in total. The highest BCUT2D eigenvalue weighted by Crippen LogP contribution is 2.33. The summed E-state index contributed by atoms with van der Waals surface area (Å²) in [7, 11) is 1.29. The highest BCUT2D eigenvalue weighted by molar-refractivity contribution is 7.10. The van der Waals surface area contributed by atoms with Crippen molar-refractivity contribution in [3.8, 4) is 11.5 Å². The Morgan fingerprint density at radius 3 is 2.49 bits per heavy atom. The zero-order valence-corrected chi connectivity index (χ0v) is 20.8. The number of methoxy groups -OCH3 is 1. The number of aromatic nitrogens is 1. The number of allylic oxidation sites excluding steroid dienone is 1. The zero-order chi connectivity index (χ0) is 25.3. The predicted octanol–water partition coefficient (Wildman–Crippen LogP) is 2.32. The molecule has 1 aliphatic heterocycles. The van der Waals surface area contributed by atoms with Gasteiger partial charge in [-0.15, -0.1) is 11.3 Å². The van der Waals surface area contributed by atoms with Crippen LogP contribution in [0.4, 0.5) is 0 Å². The number of carbonyl (C=O) groups is 3. The lowest BCUT2D eigenvalue weighted by molar-refractivity contribution is -0.137. The fourth-order valence-corrected chi connectivity index (χ4v) is 5.52. The molecule has 0 bridgehead atoms. The summed E-state index contributed by atoms with van der Waals surface area (Å²) < 4.78 is 17.1. The second-order valence-corrected chi connectivity index (χ2v) is 9.46. The molecule has 3 aromatic rings. The first-order valence-corrected chi connectivity index (χ1v) is 12.0. The molecule has 0 unspecified atom stereocenters. The van der Waals surface area contributed by atoms with Crippen LogP contribution in [0.3, 0.4) is 0 Å². The zero-order valence-electron chi connectivity index (χ0n) is 19.2. The average Bonchev–Trinajstić information content (AvgIpc) is 3.42. The molecule has 1 atom stereocenters. The van der Waals surface area contributed by atoms with Gasteiger partial charge in [0.1, 0.15) is 17.5 Å². The van der Waals surface area contributed by atoms with Crippen molar-refractivity contribution in [2.45, 2.75) is 26.8 Å². The number of esters is 3. The van der Waals surface area contributed by atoms with Crippen LogP contribution in [0.15, 0.2) is 56.8 Å². The summed E-state index contributed by atoms with van der Waals surface area (Å²) in [6.45, 7) is 4.21. The van der Waals surface area contributed by atoms with Crippen molar-refractivity contribution in [3.05, 3.63) is 77.1 Å². The Hall–Kier alpha value is -3.83. The number of rotatable bonds is 5. The minimum Gasteiger partial charge on any atom is -0.466 e. The second-order valence-electron chi connectivity index (χ2n) is 7.48. The van der Waals surface area contributed by atoms with Crippen LogP contribution in [0.2, 0.25) is 0 Å². The van der Waals surface area contributed by atoms with Crippen molar-refractivity contribution in [1.29, 1.82) is 0 Å². The van der Waals surface area contributed by atoms with Crippen molar-refractivity contribution < 1.29 is 28.6 Å². The first kappa shape index (κ1) is 24.3. The summed E-state index contributed by atoms with van der Waals surface area (Å²) in [6, 6.07) is 7.53. The van der Waals surface area contributed by atoms with E-state index in [0.29, 0.717) is 26.2 Å². The summed E-state index contributed by atoms with van der Waals surface area (Å²) >= 11 is 2.56. The van der Waals surface area contributed by atoms with Gasteiger partial charge in [0.25, 0.3) is 5.56 Å². The van der Waals surface area contributed by atoms with Crippen molar-refractivity contribution >= 4 is 46.7 Å². The highest BCUT2D eigenvalue weighted by Gasteiger charge is 2.33. The van der Waals surface area contributed by atoms with Crippen LogP contribution >= 0.6 is 22.7 Å². The number of nitrogens with zero attached hydrogens (tertiary/aromatic N) is 2. The third-order valence-electron chi connectivity index (χ3n) is 5.03. The van der Waals surface area contributed by atoms with Crippen molar-refractivity contribution in [1.82, 2.24) is 4.57 Å². The third-order valence-corrected chi connectivity index (χ3v) is 6.93. The fourth-order valence-electron chi connectivity index (χ4n) is 3.66. The summed E-state index contributed by atoms with van der Waals surface area (Å²) in [5.41, 5.74) is 0.825. The van der Waals surface area contributed by atoms with Crippen LogP contribution in [0, 0.1) is 0 Å². The van der Waals surface area contributed by atoms with Gasteiger partial charge in [-0.25, -0.2) is 9.79 Å². The summed E-state index contributed by atoms with van der Waals surface area (Å²) in [5.74, 6) is -1.33. The quantitative estimate of drug-likeness (QED) is 0.381. The molecule has 2 aromatic heterocycles. The topological polar surface area (TPSA) is 113 Å². The number of thiophene rings is 1. The molecule has 3 heterocycles. The lowest BCUT2D eigenvalue weighted by Gasteiger charge is -2.22. The molecule has 11 heteroatoms. The Morgan fingerprint density at radius 2 is 1.86 bits per heavy atom. The van der Waals surface area contributed by atoms with E-state index < -0.39 is 23.9 Å². The summed E-state index contributed by atoms with van der Waals surface area (Å²) in [5, 5.41) is 1.87. The van der Waals surface area contributed by atoms with E-state index in [1.165, 1.54) is 49.0 Å². The van der Waals surface area contributed by atoms with Crippen molar-refractivity contribution in [3.63, 3.8) is 0 Å². The molecule has 0 radical (unpaired) electrons. The van der Waals surface area contributed by atoms with E-state index in [0.717, 1.165) is 16.2 Å². The molecule has 1 aromatic carbocycles. The lowest BCUT2D eigenvalue weighted by atomic mass is 10.0. The van der Waals surface area contributed by atoms with E-state index in [9.17, 15) is 19.2 Å². The molecule has 0 saturated heterocycles. The SMILES string of the molecule is COC(=O)C1=C(C)N=c2s/c(=C/c3ccc(OC(C)=O)cc3OC(C)=O)c(=O)n2[C@@H]1c1cccs1. The number of fused-ring (bicyclic) bond motifs is 1. The largest absolute Gasteiger partial charge is 0.466 e. The monoisotopic (exact) mass is 512 g/mol. The van der Waals surface area contributed by atoms with Crippen LogP contribution in [0.5, 0.6) is 11.5 Å². The maximum atomic E-state index is 13.6. The van der Waals surface area contributed by atoms with Gasteiger partial charge < -0.3 is 14.2 Å². The van der Waals surface area contributed by atoms with E-state index in [-0.39, 0.29) is 17.1 Å². The Balaban J connectivity index is 1.91. The maximum absolute atomic E-state index is 13.6. The molecule has 0 saturated carbocycles. The van der Waals surface area contributed by atoms with Gasteiger partial charge in [-0.1, -0.05) is 17.4 Å². The third kappa shape index (κ3) is 4.86. The van der Waals surface area contributed by atoms with Gasteiger partial charge in [0.2, 0.25) is 0 Å². The second kappa shape index (κ2) is 9.80. The van der Waals surface area contributed by atoms with E-state index in [1.54, 1.807) is 19.1 Å². The lowest BCUT2D eigenvalue weighted by Crippen LogP contribution is -2.39. The smallest absolute Gasteiger partial charge is 0.338 e. The number of hydrogen-bond donors (Lipinski definition) is 0. The minimum atomic E-state index is -0.680. The van der Waals surface area contributed by atoms with Crippen LogP contribution in [-0.2, 0) is 19.1 Å². The van der Waals surface area contributed by atoms with Gasteiger partial charge in [0.15, 0.2) is 4.80 Å². The molecule has 0 N–H and O–H groups in total. The Bertz CT molecular complexity index is 1550. The molecule has 0 spiro atoms. The number of benzene rings is 1. The molecular formula is C24H20N2O7S2. The van der Waals surface area contributed by atoms with Gasteiger partial charge in [-0.05, 0) is 36.6 Å². The maximum Gasteiger partial charge on any atom is 0.338 e. The number of hydrogen-bond acceptors (Lipinski definition) is 10. The Labute approximate surface area is 207 Å². The van der Waals surface area contributed by atoms with Crippen molar-refractivity contribution in [2.75, 3.05) is 7.11 Å². The molecular weight excluding hydrogens is 492 g/mol. The number of ether oxygens (including phenoxy) is 3. The van der Waals surface area contributed by atoms with Gasteiger partial charge >= 0.3 is 17.9 Å². The van der Waals surface area contributed by atoms with Crippen LogP contribution in [-0.4, -0.2) is 29.6 Å². The Kier molecular flexibility index (Phi) is 6.81. The molecule has 35 heavy (non-hydrogen) atoms. The standard InChI is InChI=1S/C24H20N2O7S2/c1-12-20(23(30)31-4)21(18-6-5-9-34-18)26-22(29)19(35-24(26)25-12)10-15-7-8-16(32-13(2)27)11-17(15)33-14(3)28/h5-11,21H,1-4H3/b19-10+/t21-/m1/s1. The van der Waals surface area contributed by atoms with E-state index in [1.807, 2.05) is 17.5 Å². The highest BCUT2D eigenvalue weighted by atomic mass is 32.1. The minimum absolute atomic E-state index is 0.128. The van der Waals surface area contributed by atoms with Gasteiger partial charge in [-0.3, -0.25) is 19.0 Å². The normalized spacial score (nSPS) is 15.3. The van der Waals surface area contributed by atoms with E-state index in [4.69, 9.17) is 14.2 Å². The van der Waals surface area contributed by atoms with E-state index in [2.05, 4.69) is 4.99 Å². The molecule has 180 valence electrons. The Morgan fingerprint density at radius 1 is 1.11 bits per heavy atom. The first-order valence-electron chi connectivity index (χ1n) is 10.3. The summed E-state index contributed by atoms with van der Waals surface area (Å²) in [6.07, 6.45) is 1.57. The van der Waals surface area contributed by atoms with Gasteiger partial charge in [0.05, 0.1) is 22.9 Å². The van der Waals surface area contributed by atoms with Crippen LogP contribution in [0.1, 0.15) is 37.3 Å². The van der Waals surface area contributed by atoms with Crippen LogP contribution in [0.25, 0.3) is 6.08 Å². The summed E-state index contributed by atoms with van der Waals surface area (Å²) in [4.78, 5) is 54.9. The molecule has 0 aliphatic carbocycles.